The fraction of sp³-hybridized carbons (Fsp3) is 0.632. The molecule has 0 spiro atoms. The first-order chi connectivity index (χ1) is 14.2. The maximum Gasteiger partial charge on any atom is 0.320 e. The molecule has 0 aromatic carbocycles. The maximum absolute atomic E-state index is 13.7. The monoisotopic (exact) mass is 428 g/mol. The van der Waals surface area contributed by atoms with Crippen LogP contribution in [0, 0.1) is 11.9 Å². The predicted molar refractivity (Wildman–Crippen MR) is 97.6 cm³/mol. The van der Waals surface area contributed by atoms with E-state index in [9.17, 15) is 22.8 Å². The van der Waals surface area contributed by atoms with Gasteiger partial charge < -0.3 is 24.6 Å². The summed E-state index contributed by atoms with van der Waals surface area (Å²) in [6.07, 6.45) is 0.609. The molecule has 3 saturated heterocycles. The predicted octanol–water partition coefficient (Wildman–Crippen LogP) is 1.35. The molecule has 3 aliphatic rings. The molecule has 11 heteroatoms. The molecule has 3 aliphatic heterocycles. The van der Waals surface area contributed by atoms with E-state index in [-0.39, 0.29) is 49.1 Å². The minimum Gasteiger partial charge on any atom is -0.477 e. The molecular formula is C19H23F3N4O4. The van der Waals surface area contributed by atoms with Crippen molar-refractivity contribution in [1.82, 2.24) is 20.1 Å². The largest absolute Gasteiger partial charge is 0.477 e. The molecular weight excluding hydrogens is 405 g/mol. The second kappa shape index (κ2) is 7.93. The number of morpholine rings is 1. The molecule has 3 amide bonds. The van der Waals surface area contributed by atoms with Crippen molar-refractivity contribution in [2.45, 2.75) is 31.4 Å². The number of piperidine rings is 1. The molecule has 1 aromatic heterocycles. The van der Waals surface area contributed by atoms with Gasteiger partial charge in [-0.2, -0.15) is 9.37 Å². The lowest BCUT2D eigenvalue weighted by Crippen LogP contribution is -2.64. The summed E-state index contributed by atoms with van der Waals surface area (Å²) in [4.78, 5) is 31.0. The lowest BCUT2D eigenvalue weighted by atomic mass is 9.99. The average molecular weight is 428 g/mol. The Hall–Kier alpha value is -2.56. The number of fused-ring (bicyclic) bond motifs is 1. The van der Waals surface area contributed by atoms with Gasteiger partial charge in [0.15, 0.2) is 0 Å². The Labute approximate surface area is 171 Å². The number of urea groups is 1. The number of rotatable bonds is 4. The maximum atomic E-state index is 13.7. The Morgan fingerprint density at radius 1 is 1.33 bits per heavy atom. The molecule has 164 valence electrons. The van der Waals surface area contributed by atoms with Crippen molar-refractivity contribution in [2.75, 3.05) is 39.4 Å². The minimum absolute atomic E-state index is 0.0429. The lowest BCUT2D eigenvalue weighted by Gasteiger charge is -2.46. The van der Waals surface area contributed by atoms with Crippen LogP contribution in [0.15, 0.2) is 12.1 Å². The Bertz CT molecular complexity index is 828. The third kappa shape index (κ3) is 4.30. The van der Waals surface area contributed by atoms with Crippen LogP contribution in [-0.2, 0) is 15.5 Å². The van der Waals surface area contributed by atoms with Crippen LogP contribution in [0.4, 0.5) is 18.0 Å². The van der Waals surface area contributed by atoms with Crippen molar-refractivity contribution in [3.05, 3.63) is 23.6 Å². The first-order valence-corrected chi connectivity index (χ1v) is 9.83. The quantitative estimate of drug-likeness (QED) is 0.732. The summed E-state index contributed by atoms with van der Waals surface area (Å²) in [5.41, 5.74) is -0.779. The number of halogens is 3. The second-order valence-corrected chi connectivity index (χ2v) is 8.00. The van der Waals surface area contributed by atoms with Crippen LogP contribution in [0.3, 0.4) is 0 Å². The third-order valence-electron chi connectivity index (χ3n) is 5.59. The first kappa shape index (κ1) is 20.7. The van der Waals surface area contributed by atoms with E-state index in [1.54, 1.807) is 9.80 Å². The SMILES string of the molecule is CC(F)(F)c1ccc(OCC2CN(C(=O)N3CC[C@@H]4OCC(=O)N[C@@H]4C3)C2)nc1F. The summed E-state index contributed by atoms with van der Waals surface area (Å²) in [6.45, 7) is 2.78. The van der Waals surface area contributed by atoms with Crippen LogP contribution in [-0.4, -0.2) is 78.3 Å². The smallest absolute Gasteiger partial charge is 0.320 e. The number of likely N-dealkylation sites (tertiary alicyclic amines) is 2. The van der Waals surface area contributed by atoms with E-state index in [0.717, 1.165) is 6.07 Å². The van der Waals surface area contributed by atoms with Crippen LogP contribution < -0.4 is 10.1 Å². The molecule has 1 N–H and O–H groups in total. The molecule has 0 unspecified atom stereocenters. The number of alkyl halides is 2. The number of amides is 3. The number of hydrogen-bond acceptors (Lipinski definition) is 5. The molecule has 8 nitrogen and oxygen atoms in total. The standard InChI is InChI=1S/C19H23F3N4O4/c1-19(21,22)12-2-3-16(24-17(12)20)30-9-11-6-26(7-11)18(28)25-5-4-14-13(8-25)23-15(27)10-29-14/h2-3,11,13-14H,4-10H2,1H3,(H,23,27)/t13-,14+/m1/s1. The second-order valence-electron chi connectivity index (χ2n) is 8.00. The van der Waals surface area contributed by atoms with Gasteiger partial charge in [-0.15, -0.1) is 0 Å². The summed E-state index contributed by atoms with van der Waals surface area (Å²) < 4.78 is 51.1. The van der Waals surface area contributed by atoms with Gasteiger partial charge in [-0.05, 0) is 12.5 Å². The molecule has 2 atom stereocenters. The van der Waals surface area contributed by atoms with Crippen molar-refractivity contribution >= 4 is 11.9 Å². The van der Waals surface area contributed by atoms with Gasteiger partial charge >= 0.3 is 6.03 Å². The minimum atomic E-state index is -3.31. The molecule has 1 aromatic rings. The normalized spacial score (nSPS) is 24.7. The number of nitrogens with one attached hydrogen (secondary N) is 1. The van der Waals surface area contributed by atoms with E-state index in [4.69, 9.17) is 9.47 Å². The van der Waals surface area contributed by atoms with E-state index in [2.05, 4.69) is 10.3 Å². The third-order valence-corrected chi connectivity index (χ3v) is 5.59. The van der Waals surface area contributed by atoms with Crippen LogP contribution in [0.1, 0.15) is 18.9 Å². The van der Waals surface area contributed by atoms with Crippen molar-refractivity contribution in [1.29, 1.82) is 0 Å². The summed E-state index contributed by atoms with van der Waals surface area (Å²) in [6, 6.07) is 1.88. The summed E-state index contributed by atoms with van der Waals surface area (Å²) in [5.74, 6) is -4.77. The van der Waals surface area contributed by atoms with Crippen LogP contribution in [0.5, 0.6) is 5.88 Å². The molecule has 0 saturated carbocycles. The highest BCUT2D eigenvalue weighted by Crippen LogP contribution is 2.30. The zero-order chi connectivity index (χ0) is 21.5. The number of carbonyl (C=O) groups is 2. The molecule has 3 fully saturated rings. The zero-order valence-corrected chi connectivity index (χ0v) is 16.4. The average Bonchev–Trinajstić information content (AvgIpc) is 2.65. The van der Waals surface area contributed by atoms with Crippen LogP contribution >= 0.6 is 0 Å². The molecule has 4 rings (SSSR count). The van der Waals surface area contributed by atoms with Gasteiger partial charge in [0.1, 0.15) is 6.61 Å². The van der Waals surface area contributed by atoms with E-state index in [1.807, 2.05) is 0 Å². The van der Waals surface area contributed by atoms with E-state index < -0.39 is 17.4 Å². The Morgan fingerprint density at radius 3 is 2.80 bits per heavy atom. The van der Waals surface area contributed by atoms with Crippen molar-refractivity contribution in [2.24, 2.45) is 5.92 Å². The number of pyridine rings is 1. The first-order valence-electron chi connectivity index (χ1n) is 9.83. The Balaban J connectivity index is 1.23. The molecule has 0 bridgehead atoms. The fourth-order valence-corrected chi connectivity index (χ4v) is 3.93. The summed E-state index contributed by atoms with van der Waals surface area (Å²) in [7, 11) is 0. The van der Waals surface area contributed by atoms with Crippen LogP contribution in [0.2, 0.25) is 0 Å². The zero-order valence-electron chi connectivity index (χ0n) is 16.4. The van der Waals surface area contributed by atoms with Gasteiger partial charge in [0.25, 0.3) is 5.92 Å². The van der Waals surface area contributed by atoms with Gasteiger partial charge in [0.05, 0.1) is 24.3 Å². The molecule has 0 radical (unpaired) electrons. The number of carbonyl (C=O) groups excluding carboxylic acids is 2. The highest BCUT2D eigenvalue weighted by Gasteiger charge is 2.40. The van der Waals surface area contributed by atoms with E-state index in [1.165, 1.54) is 6.07 Å². The summed E-state index contributed by atoms with van der Waals surface area (Å²) >= 11 is 0. The van der Waals surface area contributed by atoms with Crippen LogP contribution in [0.25, 0.3) is 0 Å². The topological polar surface area (TPSA) is 84.0 Å². The molecule has 0 aliphatic carbocycles. The highest BCUT2D eigenvalue weighted by atomic mass is 19.3. The van der Waals surface area contributed by atoms with E-state index >= 15 is 0 Å². The lowest BCUT2D eigenvalue weighted by molar-refractivity contribution is -0.139. The number of hydrogen-bond donors (Lipinski definition) is 1. The Kier molecular flexibility index (Phi) is 5.48. The van der Waals surface area contributed by atoms with Gasteiger partial charge in [-0.1, -0.05) is 0 Å². The van der Waals surface area contributed by atoms with Crippen molar-refractivity contribution in [3.63, 3.8) is 0 Å². The number of ether oxygens (including phenoxy) is 2. The molecule has 4 heterocycles. The van der Waals surface area contributed by atoms with E-state index in [0.29, 0.717) is 39.5 Å². The van der Waals surface area contributed by atoms with Gasteiger partial charge in [-0.25, -0.2) is 13.6 Å². The van der Waals surface area contributed by atoms with Crippen molar-refractivity contribution < 1.29 is 32.2 Å². The van der Waals surface area contributed by atoms with Crippen molar-refractivity contribution in [3.8, 4) is 5.88 Å². The Morgan fingerprint density at radius 2 is 2.10 bits per heavy atom. The van der Waals surface area contributed by atoms with Gasteiger partial charge in [-0.3, -0.25) is 4.79 Å². The number of nitrogens with zero attached hydrogens (tertiary/aromatic N) is 3. The molecule has 30 heavy (non-hydrogen) atoms. The van der Waals surface area contributed by atoms with Gasteiger partial charge in [0, 0.05) is 45.1 Å². The number of aromatic nitrogens is 1. The van der Waals surface area contributed by atoms with Gasteiger partial charge in [0.2, 0.25) is 17.7 Å². The summed E-state index contributed by atoms with van der Waals surface area (Å²) in [5, 5.41) is 2.86. The highest BCUT2D eigenvalue weighted by molar-refractivity contribution is 5.79. The fourth-order valence-electron chi connectivity index (χ4n) is 3.93.